The van der Waals surface area contributed by atoms with Crippen LogP contribution < -0.4 is 5.01 Å². The Balaban J connectivity index is 2.21. The van der Waals surface area contributed by atoms with E-state index in [-0.39, 0.29) is 0 Å². The predicted molar refractivity (Wildman–Crippen MR) is 65.2 cm³/mol. The minimum absolute atomic E-state index is 0.468. The molecule has 0 bridgehead atoms. The van der Waals surface area contributed by atoms with Gasteiger partial charge in [0.15, 0.2) is 0 Å². The lowest BCUT2D eigenvalue weighted by Gasteiger charge is -2.31. The van der Waals surface area contributed by atoms with E-state index < -0.39 is 0 Å². The molecule has 2 rings (SSSR count). The van der Waals surface area contributed by atoms with Crippen molar-refractivity contribution in [3.8, 4) is 0 Å². The maximum Gasteiger partial charge on any atom is 0.0597 e. The lowest BCUT2D eigenvalue weighted by atomic mass is 10.1. The highest BCUT2D eigenvalue weighted by atomic mass is 15.5. The van der Waals surface area contributed by atoms with Crippen LogP contribution in [0.4, 0.5) is 5.69 Å². The fourth-order valence-corrected chi connectivity index (χ4v) is 1.90. The zero-order valence-corrected chi connectivity index (χ0v) is 8.84. The summed E-state index contributed by atoms with van der Waals surface area (Å²) in [5.41, 5.74) is 1.17. The van der Waals surface area contributed by atoms with Gasteiger partial charge in [-0.05, 0) is 31.4 Å². The summed E-state index contributed by atoms with van der Waals surface area (Å²) >= 11 is 0. The Labute approximate surface area is 90.9 Å². The SMILES string of the molecule is C=CCC1CCC=NN1c1ccccc1. The molecule has 1 atom stereocenters. The van der Waals surface area contributed by atoms with Gasteiger partial charge in [-0.3, -0.25) is 5.01 Å². The second-order valence-corrected chi connectivity index (χ2v) is 3.73. The molecule has 0 radical (unpaired) electrons. The first kappa shape index (κ1) is 9.97. The van der Waals surface area contributed by atoms with E-state index in [1.807, 2.05) is 30.5 Å². The van der Waals surface area contributed by atoms with Crippen molar-refractivity contribution in [2.24, 2.45) is 5.10 Å². The van der Waals surface area contributed by atoms with Gasteiger partial charge in [0.25, 0.3) is 0 Å². The van der Waals surface area contributed by atoms with Crippen molar-refractivity contribution in [3.63, 3.8) is 0 Å². The zero-order chi connectivity index (χ0) is 10.5. The van der Waals surface area contributed by atoms with E-state index in [1.165, 1.54) is 5.69 Å². The Morgan fingerprint density at radius 3 is 2.93 bits per heavy atom. The van der Waals surface area contributed by atoms with Gasteiger partial charge in [-0.15, -0.1) is 6.58 Å². The van der Waals surface area contributed by atoms with Crippen LogP contribution in [0.1, 0.15) is 19.3 Å². The standard InChI is InChI=1S/C13H16N2/c1-2-7-12-10-6-11-14-15(12)13-8-4-3-5-9-13/h2-5,8-9,11-12H,1,6-7,10H2. The van der Waals surface area contributed by atoms with E-state index in [4.69, 9.17) is 0 Å². The van der Waals surface area contributed by atoms with Crippen molar-refractivity contribution in [2.75, 3.05) is 5.01 Å². The van der Waals surface area contributed by atoms with Crippen LogP contribution in [0.3, 0.4) is 0 Å². The summed E-state index contributed by atoms with van der Waals surface area (Å²) < 4.78 is 0. The molecule has 15 heavy (non-hydrogen) atoms. The third kappa shape index (κ3) is 2.27. The minimum atomic E-state index is 0.468. The fourth-order valence-electron chi connectivity index (χ4n) is 1.90. The molecule has 0 saturated carbocycles. The van der Waals surface area contributed by atoms with Crippen molar-refractivity contribution < 1.29 is 0 Å². The molecule has 0 amide bonds. The number of rotatable bonds is 3. The molecule has 0 fully saturated rings. The molecule has 1 aliphatic heterocycles. The van der Waals surface area contributed by atoms with Crippen LogP contribution in [-0.4, -0.2) is 12.3 Å². The van der Waals surface area contributed by atoms with Crippen molar-refractivity contribution in [2.45, 2.75) is 25.3 Å². The molecule has 0 saturated heterocycles. The lowest BCUT2D eigenvalue weighted by molar-refractivity contribution is 0.561. The maximum atomic E-state index is 4.46. The number of hydrazone groups is 1. The van der Waals surface area contributed by atoms with Gasteiger partial charge < -0.3 is 0 Å². The highest BCUT2D eigenvalue weighted by Gasteiger charge is 2.19. The van der Waals surface area contributed by atoms with Crippen LogP contribution in [0.2, 0.25) is 0 Å². The highest BCUT2D eigenvalue weighted by Crippen LogP contribution is 2.23. The largest absolute Gasteiger partial charge is 0.262 e. The van der Waals surface area contributed by atoms with Crippen LogP contribution in [0.25, 0.3) is 0 Å². The molecule has 0 aromatic heterocycles. The molecule has 0 aliphatic carbocycles. The first-order valence-electron chi connectivity index (χ1n) is 5.39. The van der Waals surface area contributed by atoms with Gasteiger partial charge in [-0.25, -0.2) is 0 Å². The fraction of sp³-hybridized carbons (Fsp3) is 0.308. The molecule has 1 aromatic rings. The van der Waals surface area contributed by atoms with Gasteiger partial charge >= 0.3 is 0 Å². The van der Waals surface area contributed by atoms with E-state index in [1.54, 1.807) is 0 Å². The summed E-state index contributed by atoms with van der Waals surface area (Å²) in [7, 11) is 0. The van der Waals surface area contributed by atoms with Gasteiger partial charge in [0, 0.05) is 6.21 Å². The molecule has 1 heterocycles. The molecule has 2 nitrogen and oxygen atoms in total. The van der Waals surface area contributed by atoms with Gasteiger partial charge in [0.1, 0.15) is 0 Å². The quantitative estimate of drug-likeness (QED) is 0.684. The Morgan fingerprint density at radius 2 is 2.20 bits per heavy atom. The molecular formula is C13H16N2. The molecule has 1 unspecified atom stereocenters. The van der Waals surface area contributed by atoms with Gasteiger partial charge in [0.2, 0.25) is 0 Å². The third-order valence-electron chi connectivity index (χ3n) is 2.64. The van der Waals surface area contributed by atoms with E-state index in [0.717, 1.165) is 19.3 Å². The second-order valence-electron chi connectivity index (χ2n) is 3.73. The Bertz CT molecular complexity index is 343. The summed E-state index contributed by atoms with van der Waals surface area (Å²) in [5.74, 6) is 0. The summed E-state index contributed by atoms with van der Waals surface area (Å²) in [4.78, 5) is 0. The summed E-state index contributed by atoms with van der Waals surface area (Å²) in [6.07, 6.45) is 7.19. The monoisotopic (exact) mass is 200 g/mol. The Hall–Kier alpha value is -1.57. The van der Waals surface area contributed by atoms with E-state index in [2.05, 4.69) is 28.8 Å². The van der Waals surface area contributed by atoms with Gasteiger partial charge in [-0.1, -0.05) is 24.3 Å². The molecule has 1 aliphatic rings. The second kappa shape index (κ2) is 4.78. The number of anilines is 1. The number of para-hydroxylation sites is 1. The number of benzene rings is 1. The number of hydrogen-bond acceptors (Lipinski definition) is 2. The number of nitrogens with zero attached hydrogens (tertiary/aromatic N) is 2. The summed E-state index contributed by atoms with van der Waals surface area (Å²) in [6, 6.07) is 10.8. The van der Waals surface area contributed by atoms with Crippen molar-refractivity contribution in [3.05, 3.63) is 43.0 Å². The first-order chi connectivity index (χ1) is 7.42. The Kier molecular flexibility index (Phi) is 3.18. The van der Waals surface area contributed by atoms with Crippen molar-refractivity contribution >= 4 is 11.9 Å². The highest BCUT2D eigenvalue weighted by molar-refractivity contribution is 5.62. The smallest absolute Gasteiger partial charge is 0.0597 e. The summed E-state index contributed by atoms with van der Waals surface area (Å²) in [6.45, 7) is 3.80. The zero-order valence-electron chi connectivity index (χ0n) is 8.84. The van der Waals surface area contributed by atoms with Crippen LogP contribution in [0.15, 0.2) is 48.1 Å². The Morgan fingerprint density at radius 1 is 1.40 bits per heavy atom. The third-order valence-corrected chi connectivity index (χ3v) is 2.64. The van der Waals surface area contributed by atoms with E-state index in [0.29, 0.717) is 6.04 Å². The van der Waals surface area contributed by atoms with Crippen LogP contribution >= 0.6 is 0 Å². The van der Waals surface area contributed by atoms with Crippen LogP contribution in [0.5, 0.6) is 0 Å². The van der Waals surface area contributed by atoms with E-state index in [9.17, 15) is 0 Å². The number of hydrogen-bond donors (Lipinski definition) is 0. The van der Waals surface area contributed by atoms with Crippen molar-refractivity contribution in [1.82, 2.24) is 0 Å². The molecule has 1 aromatic carbocycles. The van der Waals surface area contributed by atoms with Gasteiger partial charge in [-0.2, -0.15) is 5.10 Å². The molecule has 2 heteroatoms. The van der Waals surface area contributed by atoms with Crippen LogP contribution in [0, 0.1) is 0 Å². The predicted octanol–water partition coefficient (Wildman–Crippen LogP) is 3.22. The lowest BCUT2D eigenvalue weighted by Crippen LogP contribution is -2.33. The average Bonchev–Trinajstić information content (AvgIpc) is 2.31. The normalized spacial score (nSPS) is 20.3. The molecule has 0 N–H and O–H groups in total. The topological polar surface area (TPSA) is 15.6 Å². The summed E-state index contributed by atoms with van der Waals surface area (Å²) in [5, 5.41) is 6.56. The minimum Gasteiger partial charge on any atom is -0.262 e. The molecule has 78 valence electrons. The van der Waals surface area contributed by atoms with Crippen molar-refractivity contribution in [1.29, 1.82) is 0 Å². The maximum absolute atomic E-state index is 4.46. The average molecular weight is 200 g/mol. The molecular weight excluding hydrogens is 184 g/mol. The first-order valence-corrected chi connectivity index (χ1v) is 5.39. The molecule has 0 spiro atoms. The van der Waals surface area contributed by atoms with Gasteiger partial charge in [0.05, 0.1) is 11.7 Å². The van der Waals surface area contributed by atoms with Crippen LogP contribution in [-0.2, 0) is 0 Å². The van der Waals surface area contributed by atoms with E-state index >= 15 is 0 Å².